The predicted octanol–water partition coefficient (Wildman–Crippen LogP) is 2.84. The molecule has 1 rings (SSSR count). The van der Waals surface area contributed by atoms with E-state index in [1.54, 1.807) is 0 Å². The second-order valence-electron chi connectivity index (χ2n) is 3.36. The topological polar surface area (TPSA) is 35.2 Å². The van der Waals surface area contributed by atoms with Gasteiger partial charge in [0.2, 0.25) is 0 Å². The van der Waals surface area contributed by atoms with Crippen molar-refractivity contribution < 1.29 is 4.74 Å². The molecule has 0 spiro atoms. The van der Waals surface area contributed by atoms with Crippen LogP contribution in [0.2, 0.25) is 0 Å². The average molecular weight is 205 g/mol. The smallest absolute Gasteiger partial charge is 0.119 e. The molecule has 0 unspecified atom stereocenters. The fourth-order valence-corrected chi connectivity index (χ4v) is 1.37. The molecule has 0 aromatic heterocycles. The molecule has 0 atom stereocenters. The number of benzene rings is 1. The molecule has 0 aliphatic carbocycles. The van der Waals surface area contributed by atoms with Crippen LogP contribution in [0.15, 0.2) is 29.8 Å². The molecule has 0 bridgehead atoms. The SMILES string of the molecule is CCOc1ccc(C=C(CC)CN)cc1. The lowest BCUT2D eigenvalue weighted by Crippen LogP contribution is -2.01. The number of nitrogens with two attached hydrogens (primary N) is 1. The van der Waals surface area contributed by atoms with Crippen LogP contribution in [0.4, 0.5) is 0 Å². The molecule has 82 valence electrons. The molecule has 0 fully saturated rings. The predicted molar refractivity (Wildman–Crippen MR) is 64.9 cm³/mol. The van der Waals surface area contributed by atoms with Crippen molar-refractivity contribution in [3.05, 3.63) is 35.4 Å². The van der Waals surface area contributed by atoms with Gasteiger partial charge in [0.15, 0.2) is 0 Å². The molecule has 2 N–H and O–H groups in total. The van der Waals surface area contributed by atoms with Gasteiger partial charge in [0.1, 0.15) is 5.75 Å². The zero-order valence-electron chi connectivity index (χ0n) is 9.49. The Hall–Kier alpha value is -1.28. The highest BCUT2D eigenvalue weighted by atomic mass is 16.5. The summed E-state index contributed by atoms with van der Waals surface area (Å²) >= 11 is 0. The number of ether oxygens (including phenoxy) is 1. The molecule has 0 amide bonds. The van der Waals surface area contributed by atoms with Gasteiger partial charge in [-0.25, -0.2) is 0 Å². The second kappa shape index (κ2) is 6.25. The summed E-state index contributed by atoms with van der Waals surface area (Å²) in [4.78, 5) is 0. The van der Waals surface area contributed by atoms with Crippen LogP contribution < -0.4 is 10.5 Å². The summed E-state index contributed by atoms with van der Waals surface area (Å²) in [6.07, 6.45) is 3.14. The number of rotatable bonds is 5. The van der Waals surface area contributed by atoms with Crippen molar-refractivity contribution >= 4 is 6.08 Å². The first-order valence-electron chi connectivity index (χ1n) is 5.42. The fourth-order valence-electron chi connectivity index (χ4n) is 1.37. The minimum Gasteiger partial charge on any atom is -0.494 e. The summed E-state index contributed by atoms with van der Waals surface area (Å²) in [6, 6.07) is 8.07. The monoisotopic (exact) mass is 205 g/mol. The Morgan fingerprint density at radius 1 is 1.27 bits per heavy atom. The van der Waals surface area contributed by atoms with E-state index in [1.807, 2.05) is 19.1 Å². The van der Waals surface area contributed by atoms with Gasteiger partial charge in [0, 0.05) is 6.54 Å². The van der Waals surface area contributed by atoms with Crippen molar-refractivity contribution in [3.63, 3.8) is 0 Å². The van der Waals surface area contributed by atoms with Gasteiger partial charge < -0.3 is 10.5 Å². The maximum Gasteiger partial charge on any atom is 0.119 e. The van der Waals surface area contributed by atoms with Crippen LogP contribution in [0.25, 0.3) is 6.08 Å². The van der Waals surface area contributed by atoms with E-state index in [0.717, 1.165) is 12.2 Å². The van der Waals surface area contributed by atoms with Gasteiger partial charge in [-0.3, -0.25) is 0 Å². The fraction of sp³-hybridized carbons (Fsp3) is 0.385. The largest absolute Gasteiger partial charge is 0.494 e. The van der Waals surface area contributed by atoms with Crippen molar-refractivity contribution in [2.24, 2.45) is 5.73 Å². The Bertz CT molecular complexity index is 308. The van der Waals surface area contributed by atoms with Gasteiger partial charge in [-0.05, 0) is 31.0 Å². The molecule has 0 aliphatic heterocycles. The van der Waals surface area contributed by atoms with E-state index >= 15 is 0 Å². The van der Waals surface area contributed by atoms with Gasteiger partial charge in [0.25, 0.3) is 0 Å². The maximum absolute atomic E-state index is 5.62. The molecule has 2 nitrogen and oxygen atoms in total. The molecule has 2 heteroatoms. The highest BCUT2D eigenvalue weighted by Gasteiger charge is 1.94. The van der Waals surface area contributed by atoms with E-state index in [4.69, 9.17) is 10.5 Å². The molecular weight excluding hydrogens is 186 g/mol. The molecule has 15 heavy (non-hydrogen) atoms. The van der Waals surface area contributed by atoms with Gasteiger partial charge in [-0.2, -0.15) is 0 Å². The Kier molecular flexibility index (Phi) is 4.91. The Balaban J connectivity index is 2.75. The quantitative estimate of drug-likeness (QED) is 0.802. The molecular formula is C13H19NO. The van der Waals surface area contributed by atoms with Crippen LogP contribution in [-0.4, -0.2) is 13.2 Å². The van der Waals surface area contributed by atoms with Crippen LogP contribution in [0.1, 0.15) is 25.8 Å². The highest BCUT2D eigenvalue weighted by Crippen LogP contribution is 2.15. The first-order chi connectivity index (χ1) is 7.30. The molecule has 0 radical (unpaired) electrons. The zero-order chi connectivity index (χ0) is 11.1. The number of hydrogen-bond acceptors (Lipinski definition) is 2. The van der Waals surface area contributed by atoms with Crippen molar-refractivity contribution in [2.45, 2.75) is 20.3 Å². The standard InChI is InChI=1S/C13H19NO/c1-3-11(10-14)9-12-5-7-13(8-6-12)15-4-2/h5-9H,3-4,10,14H2,1-2H3. The third-order valence-electron chi connectivity index (χ3n) is 2.28. The third kappa shape index (κ3) is 3.76. The van der Waals surface area contributed by atoms with Crippen LogP contribution in [0, 0.1) is 0 Å². The minimum atomic E-state index is 0.629. The van der Waals surface area contributed by atoms with Crippen molar-refractivity contribution in [3.8, 4) is 5.75 Å². The summed E-state index contributed by atoms with van der Waals surface area (Å²) in [5.74, 6) is 0.917. The summed E-state index contributed by atoms with van der Waals surface area (Å²) in [5.41, 5.74) is 8.06. The van der Waals surface area contributed by atoms with Gasteiger partial charge in [0.05, 0.1) is 6.61 Å². The summed E-state index contributed by atoms with van der Waals surface area (Å²) in [7, 11) is 0. The van der Waals surface area contributed by atoms with Gasteiger partial charge in [-0.1, -0.05) is 30.7 Å². The Morgan fingerprint density at radius 3 is 2.40 bits per heavy atom. The van der Waals surface area contributed by atoms with Crippen LogP contribution in [0.5, 0.6) is 5.75 Å². The van der Waals surface area contributed by atoms with Crippen molar-refractivity contribution in [1.82, 2.24) is 0 Å². The molecule has 0 aliphatic rings. The van der Waals surface area contributed by atoms with E-state index in [-0.39, 0.29) is 0 Å². The normalized spacial score (nSPS) is 11.5. The highest BCUT2D eigenvalue weighted by molar-refractivity contribution is 5.54. The molecule has 1 aromatic rings. The van der Waals surface area contributed by atoms with Crippen molar-refractivity contribution in [2.75, 3.05) is 13.2 Å². The maximum atomic E-state index is 5.62. The summed E-state index contributed by atoms with van der Waals surface area (Å²) < 4.78 is 5.37. The van der Waals surface area contributed by atoms with E-state index < -0.39 is 0 Å². The van der Waals surface area contributed by atoms with E-state index in [0.29, 0.717) is 13.2 Å². The Morgan fingerprint density at radius 2 is 1.93 bits per heavy atom. The van der Waals surface area contributed by atoms with Gasteiger partial charge in [-0.15, -0.1) is 0 Å². The first-order valence-corrected chi connectivity index (χ1v) is 5.42. The lowest BCUT2D eigenvalue weighted by molar-refractivity contribution is 0.340. The molecule has 0 saturated carbocycles. The van der Waals surface area contributed by atoms with Crippen LogP contribution in [-0.2, 0) is 0 Å². The lowest BCUT2D eigenvalue weighted by Gasteiger charge is -2.04. The summed E-state index contributed by atoms with van der Waals surface area (Å²) in [5, 5.41) is 0. The van der Waals surface area contributed by atoms with Crippen LogP contribution in [0.3, 0.4) is 0 Å². The van der Waals surface area contributed by atoms with E-state index in [1.165, 1.54) is 11.1 Å². The zero-order valence-corrected chi connectivity index (χ0v) is 9.49. The van der Waals surface area contributed by atoms with Crippen LogP contribution >= 0.6 is 0 Å². The lowest BCUT2D eigenvalue weighted by atomic mass is 10.1. The second-order valence-corrected chi connectivity index (χ2v) is 3.36. The van der Waals surface area contributed by atoms with Crippen molar-refractivity contribution in [1.29, 1.82) is 0 Å². The molecule has 0 saturated heterocycles. The average Bonchev–Trinajstić information content (AvgIpc) is 2.28. The number of hydrogen-bond donors (Lipinski definition) is 1. The molecule has 1 aromatic carbocycles. The van der Waals surface area contributed by atoms with E-state index in [2.05, 4.69) is 25.1 Å². The van der Waals surface area contributed by atoms with Gasteiger partial charge >= 0.3 is 0 Å². The Labute approximate surface area is 91.7 Å². The first kappa shape index (κ1) is 11.8. The molecule has 0 heterocycles. The van der Waals surface area contributed by atoms with E-state index in [9.17, 15) is 0 Å². The minimum absolute atomic E-state index is 0.629. The summed E-state index contributed by atoms with van der Waals surface area (Å²) in [6.45, 7) is 5.44. The third-order valence-corrected chi connectivity index (χ3v) is 2.28.